The van der Waals surface area contributed by atoms with Crippen molar-refractivity contribution in [1.29, 1.82) is 0 Å². The molecular weight excluding hydrogens is 346 g/mol. The standard InChI is InChI=1S/C21H27NO5/c1-13(2)27-21(23)20(22)19(14-6-8-15(24-3)9-7-14)17-11-10-16(25-4)12-18(17)26-5/h6-13,19-20H,22H2,1-5H3/t19-,20+/m1/s1. The lowest BCUT2D eigenvalue weighted by Gasteiger charge is -2.26. The first-order chi connectivity index (χ1) is 12.9. The van der Waals surface area contributed by atoms with Gasteiger partial charge in [-0.15, -0.1) is 0 Å². The van der Waals surface area contributed by atoms with Gasteiger partial charge in [-0.25, -0.2) is 0 Å². The lowest BCUT2D eigenvalue weighted by atomic mass is 9.84. The van der Waals surface area contributed by atoms with Gasteiger partial charge in [0, 0.05) is 17.5 Å². The van der Waals surface area contributed by atoms with Crippen LogP contribution in [0.1, 0.15) is 30.9 Å². The molecule has 0 heterocycles. The second-order valence-electron chi connectivity index (χ2n) is 6.37. The Balaban J connectivity index is 2.53. The van der Waals surface area contributed by atoms with Gasteiger partial charge in [0.05, 0.1) is 27.4 Å². The third kappa shape index (κ3) is 4.92. The zero-order valence-electron chi connectivity index (χ0n) is 16.4. The van der Waals surface area contributed by atoms with E-state index in [1.165, 1.54) is 0 Å². The highest BCUT2D eigenvalue weighted by Crippen LogP contribution is 2.37. The minimum Gasteiger partial charge on any atom is -0.497 e. The Morgan fingerprint density at radius 2 is 1.48 bits per heavy atom. The van der Waals surface area contributed by atoms with E-state index in [4.69, 9.17) is 24.7 Å². The molecule has 0 amide bonds. The number of ether oxygens (including phenoxy) is 4. The van der Waals surface area contributed by atoms with Gasteiger partial charge in [-0.05, 0) is 37.6 Å². The molecule has 0 unspecified atom stereocenters. The molecule has 0 aliphatic rings. The fraction of sp³-hybridized carbons (Fsp3) is 0.381. The molecule has 0 saturated heterocycles. The van der Waals surface area contributed by atoms with Crippen molar-refractivity contribution in [3.8, 4) is 17.2 Å². The van der Waals surface area contributed by atoms with E-state index >= 15 is 0 Å². The maximum absolute atomic E-state index is 12.5. The summed E-state index contributed by atoms with van der Waals surface area (Å²) in [6, 6.07) is 12.0. The molecular formula is C21H27NO5. The van der Waals surface area contributed by atoms with Crippen LogP contribution < -0.4 is 19.9 Å². The van der Waals surface area contributed by atoms with Gasteiger partial charge >= 0.3 is 5.97 Å². The van der Waals surface area contributed by atoms with Crippen molar-refractivity contribution in [3.63, 3.8) is 0 Å². The van der Waals surface area contributed by atoms with Crippen LogP contribution in [0.3, 0.4) is 0 Å². The minimum absolute atomic E-state index is 0.252. The van der Waals surface area contributed by atoms with Crippen LogP contribution in [0.25, 0.3) is 0 Å². The van der Waals surface area contributed by atoms with Crippen molar-refractivity contribution in [3.05, 3.63) is 53.6 Å². The molecule has 2 N–H and O–H groups in total. The van der Waals surface area contributed by atoms with Crippen LogP contribution in [0.15, 0.2) is 42.5 Å². The van der Waals surface area contributed by atoms with E-state index in [1.54, 1.807) is 41.2 Å². The average Bonchev–Trinajstić information content (AvgIpc) is 2.68. The smallest absolute Gasteiger partial charge is 0.324 e. The first-order valence-electron chi connectivity index (χ1n) is 8.73. The highest BCUT2D eigenvalue weighted by Gasteiger charge is 2.32. The van der Waals surface area contributed by atoms with Crippen molar-refractivity contribution in [2.45, 2.75) is 31.9 Å². The molecule has 146 valence electrons. The minimum atomic E-state index is -0.900. The highest BCUT2D eigenvalue weighted by molar-refractivity contribution is 5.78. The normalized spacial score (nSPS) is 13.0. The zero-order valence-corrected chi connectivity index (χ0v) is 16.4. The van der Waals surface area contributed by atoms with E-state index in [9.17, 15) is 4.79 Å². The van der Waals surface area contributed by atoms with E-state index in [2.05, 4.69) is 0 Å². The van der Waals surface area contributed by atoms with Gasteiger partial charge in [0.15, 0.2) is 0 Å². The van der Waals surface area contributed by atoms with Crippen LogP contribution in [0.4, 0.5) is 0 Å². The molecule has 2 atom stereocenters. The number of rotatable bonds is 8. The van der Waals surface area contributed by atoms with E-state index < -0.39 is 17.9 Å². The van der Waals surface area contributed by atoms with Crippen molar-refractivity contribution < 1.29 is 23.7 Å². The molecule has 0 spiro atoms. The van der Waals surface area contributed by atoms with Crippen LogP contribution in [-0.2, 0) is 9.53 Å². The van der Waals surface area contributed by atoms with Crippen LogP contribution >= 0.6 is 0 Å². The summed E-state index contributed by atoms with van der Waals surface area (Å²) >= 11 is 0. The predicted octanol–water partition coefficient (Wildman–Crippen LogP) is 3.12. The predicted molar refractivity (Wildman–Crippen MR) is 104 cm³/mol. The van der Waals surface area contributed by atoms with E-state index in [0.29, 0.717) is 11.5 Å². The topological polar surface area (TPSA) is 80.0 Å². The molecule has 2 aromatic rings. The van der Waals surface area contributed by atoms with Gasteiger partial charge in [-0.3, -0.25) is 4.79 Å². The Morgan fingerprint density at radius 1 is 0.889 bits per heavy atom. The molecule has 0 aliphatic heterocycles. The largest absolute Gasteiger partial charge is 0.497 e. The van der Waals surface area contributed by atoms with E-state index in [0.717, 1.165) is 16.9 Å². The Morgan fingerprint density at radius 3 is 2.00 bits per heavy atom. The summed E-state index contributed by atoms with van der Waals surface area (Å²) in [6.07, 6.45) is -0.252. The third-order valence-corrected chi connectivity index (χ3v) is 4.23. The van der Waals surface area contributed by atoms with E-state index in [1.807, 2.05) is 36.4 Å². The molecule has 2 aromatic carbocycles. The Labute approximate surface area is 160 Å². The van der Waals surface area contributed by atoms with Crippen molar-refractivity contribution in [2.24, 2.45) is 5.73 Å². The number of carbonyl (C=O) groups is 1. The number of carbonyl (C=O) groups excluding carboxylic acids is 1. The zero-order chi connectivity index (χ0) is 20.0. The van der Waals surface area contributed by atoms with Crippen molar-refractivity contribution in [1.82, 2.24) is 0 Å². The van der Waals surface area contributed by atoms with E-state index in [-0.39, 0.29) is 6.10 Å². The Kier molecular flexibility index (Phi) is 7.07. The van der Waals surface area contributed by atoms with Gasteiger partial charge in [0.1, 0.15) is 23.3 Å². The van der Waals surface area contributed by atoms with Crippen molar-refractivity contribution >= 4 is 5.97 Å². The lowest BCUT2D eigenvalue weighted by molar-refractivity contribution is -0.149. The maximum atomic E-state index is 12.5. The van der Waals surface area contributed by atoms with Gasteiger partial charge in [-0.1, -0.05) is 18.2 Å². The first kappa shape index (κ1) is 20.6. The maximum Gasteiger partial charge on any atom is 0.324 e. The van der Waals surface area contributed by atoms with Gasteiger partial charge in [0.2, 0.25) is 0 Å². The van der Waals surface area contributed by atoms with Gasteiger partial charge < -0.3 is 24.7 Å². The van der Waals surface area contributed by atoms with Crippen LogP contribution in [0, 0.1) is 0 Å². The quantitative estimate of drug-likeness (QED) is 0.716. The fourth-order valence-electron chi connectivity index (χ4n) is 2.91. The van der Waals surface area contributed by atoms with Crippen molar-refractivity contribution in [2.75, 3.05) is 21.3 Å². The monoisotopic (exact) mass is 373 g/mol. The average molecular weight is 373 g/mol. The molecule has 0 bridgehead atoms. The molecule has 0 radical (unpaired) electrons. The SMILES string of the molecule is COc1ccc([C@H](c2ccc(OC)cc2OC)[C@H](N)C(=O)OC(C)C)cc1. The fourth-order valence-corrected chi connectivity index (χ4v) is 2.91. The lowest BCUT2D eigenvalue weighted by Crippen LogP contribution is -2.39. The number of esters is 1. The van der Waals surface area contributed by atoms with Crippen LogP contribution in [0.2, 0.25) is 0 Å². The highest BCUT2D eigenvalue weighted by atomic mass is 16.5. The summed E-state index contributed by atoms with van der Waals surface area (Å²) in [7, 11) is 4.76. The van der Waals surface area contributed by atoms with Gasteiger partial charge in [0.25, 0.3) is 0 Å². The summed E-state index contributed by atoms with van der Waals surface area (Å²) in [4.78, 5) is 12.5. The second-order valence-corrected chi connectivity index (χ2v) is 6.37. The molecule has 6 nitrogen and oxygen atoms in total. The molecule has 0 aliphatic carbocycles. The number of benzene rings is 2. The van der Waals surface area contributed by atoms with Gasteiger partial charge in [-0.2, -0.15) is 0 Å². The summed E-state index contributed by atoms with van der Waals surface area (Å²) in [5.74, 6) is 1.04. The summed E-state index contributed by atoms with van der Waals surface area (Å²) < 4.78 is 21.4. The molecule has 6 heteroatoms. The Hall–Kier alpha value is -2.73. The number of methoxy groups -OCH3 is 3. The molecule has 0 saturated carbocycles. The molecule has 0 fully saturated rings. The summed E-state index contributed by atoms with van der Waals surface area (Å²) in [5, 5.41) is 0. The molecule has 2 rings (SSSR count). The van der Waals surface area contributed by atoms with Crippen LogP contribution in [-0.4, -0.2) is 39.4 Å². The number of hydrogen-bond acceptors (Lipinski definition) is 6. The molecule has 27 heavy (non-hydrogen) atoms. The summed E-state index contributed by atoms with van der Waals surface area (Å²) in [5.41, 5.74) is 7.97. The Bertz CT molecular complexity index is 758. The number of nitrogens with two attached hydrogens (primary N) is 1. The molecule has 0 aromatic heterocycles. The second kappa shape index (κ2) is 9.28. The third-order valence-electron chi connectivity index (χ3n) is 4.23. The van der Waals surface area contributed by atoms with Crippen LogP contribution in [0.5, 0.6) is 17.2 Å². The summed E-state index contributed by atoms with van der Waals surface area (Å²) in [6.45, 7) is 3.59. The number of hydrogen-bond donors (Lipinski definition) is 1. The first-order valence-corrected chi connectivity index (χ1v) is 8.73.